The first kappa shape index (κ1) is 12.4. The molecule has 1 amide bonds. The Bertz CT molecular complexity index is 211. The van der Waals surface area contributed by atoms with Crippen molar-refractivity contribution in [3.05, 3.63) is 0 Å². The maximum atomic E-state index is 11.5. The summed E-state index contributed by atoms with van der Waals surface area (Å²) in [5.74, 6) is -0.180. The molecule has 1 aliphatic rings. The molecule has 5 nitrogen and oxygen atoms in total. The van der Waals surface area contributed by atoms with Crippen LogP contribution < -0.4 is 11.1 Å². The van der Waals surface area contributed by atoms with Crippen molar-refractivity contribution < 1.29 is 14.3 Å². The molecule has 0 heterocycles. The normalized spacial score (nSPS) is 20.5. The van der Waals surface area contributed by atoms with Crippen molar-refractivity contribution in [3.8, 4) is 0 Å². The summed E-state index contributed by atoms with van der Waals surface area (Å²) in [6, 6.07) is -0.594. The Kier molecular flexibility index (Phi) is 4.50. The van der Waals surface area contributed by atoms with E-state index in [1.165, 1.54) is 7.11 Å². The van der Waals surface area contributed by atoms with Crippen molar-refractivity contribution in [1.82, 2.24) is 5.32 Å². The van der Waals surface area contributed by atoms with Crippen molar-refractivity contribution >= 4 is 5.91 Å². The van der Waals surface area contributed by atoms with Crippen LogP contribution in [0, 0.1) is 0 Å². The Morgan fingerprint density at radius 2 is 2.20 bits per heavy atom. The smallest absolute Gasteiger partial charge is 0.239 e. The lowest BCUT2D eigenvalue weighted by molar-refractivity contribution is -0.127. The average Bonchev–Trinajstić information content (AvgIpc) is 2.17. The lowest BCUT2D eigenvalue weighted by Crippen LogP contribution is -2.53. The molecule has 1 atom stereocenters. The quantitative estimate of drug-likeness (QED) is 0.636. The highest BCUT2D eigenvalue weighted by atomic mass is 16.5. The molecule has 0 aliphatic heterocycles. The van der Waals surface area contributed by atoms with Gasteiger partial charge in [-0.2, -0.15) is 0 Å². The number of hydrogen-bond acceptors (Lipinski definition) is 4. The number of carbonyl (C=O) groups is 1. The summed E-state index contributed by atoms with van der Waals surface area (Å²) in [4.78, 5) is 11.5. The molecule has 1 rings (SSSR count). The number of ether oxygens (including phenoxy) is 2. The fourth-order valence-corrected chi connectivity index (χ4v) is 1.66. The van der Waals surface area contributed by atoms with Gasteiger partial charge in [0.05, 0.1) is 12.2 Å². The molecule has 3 N–H and O–H groups in total. The largest absolute Gasteiger partial charge is 0.383 e. The van der Waals surface area contributed by atoms with Crippen LogP contribution in [-0.4, -0.2) is 44.9 Å². The van der Waals surface area contributed by atoms with Crippen LogP contribution >= 0.6 is 0 Å². The first-order valence-electron chi connectivity index (χ1n) is 5.21. The third-order valence-electron chi connectivity index (χ3n) is 2.97. The second-order valence-corrected chi connectivity index (χ2v) is 4.02. The number of nitrogens with one attached hydrogen (secondary N) is 1. The van der Waals surface area contributed by atoms with Crippen molar-refractivity contribution in [1.29, 1.82) is 0 Å². The Labute approximate surface area is 90.3 Å². The van der Waals surface area contributed by atoms with E-state index in [9.17, 15) is 4.79 Å². The molecule has 88 valence electrons. The maximum absolute atomic E-state index is 11.5. The molecule has 0 bridgehead atoms. The zero-order valence-electron chi connectivity index (χ0n) is 9.41. The Morgan fingerprint density at radius 3 is 2.60 bits per heavy atom. The average molecular weight is 216 g/mol. The number of hydrogen-bond donors (Lipinski definition) is 2. The zero-order valence-corrected chi connectivity index (χ0v) is 9.41. The van der Waals surface area contributed by atoms with E-state index in [0.717, 1.165) is 19.3 Å². The topological polar surface area (TPSA) is 73.6 Å². The summed E-state index contributed by atoms with van der Waals surface area (Å²) in [6.45, 7) is 0.783. The van der Waals surface area contributed by atoms with Gasteiger partial charge in [0.15, 0.2) is 0 Å². The molecule has 0 aromatic rings. The first-order valence-corrected chi connectivity index (χ1v) is 5.21. The summed E-state index contributed by atoms with van der Waals surface area (Å²) in [5, 5.41) is 2.79. The van der Waals surface area contributed by atoms with E-state index in [0.29, 0.717) is 6.54 Å². The van der Waals surface area contributed by atoms with Crippen molar-refractivity contribution in [2.45, 2.75) is 30.9 Å². The van der Waals surface area contributed by atoms with Crippen LogP contribution in [0.2, 0.25) is 0 Å². The molecule has 0 spiro atoms. The molecule has 5 heteroatoms. The molecule has 1 aliphatic carbocycles. The Balaban J connectivity index is 2.26. The van der Waals surface area contributed by atoms with E-state index in [4.69, 9.17) is 15.2 Å². The molecule has 0 radical (unpaired) electrons. The minimum Gasteiger partial charge on any atom is -0.383 e. The van der Waals surface area contributed by atoms with Crippen LogP contribution in [-0.2, 0) is 14.3 Å². The lowest BCUT2D eigenvalue weighted by Gasteiger charge is -2.40. The van der Waals surface area contributed by atoms with Gasteiger partial charge in [0.2, 0.25) is 5.91 Å². The third kappa shape index (κ3) is 3.15. The van der Waals surface area contributed by atoms with Crippen LogP contribution in [0.3, 0.4) is 0 Å². The van der Waals surface area contributed by atoms with Gasteiger partial charge >= 0.3 is 0 Å². The molecular formula is C10H20N2O3. The molecule has 15 heavy (non-hydrogen) atoms. The van der Waals surface area contributed by atoms with Gasteiger partial charge in [-0.05, 0) is 19.3 Å². The highest BCUT2D eigenvalue weighted by Crippen LogP contribution is 2.34. The number of methoxy groups -OCH3 is 2. The standard InChI is InChI=1S/C10H20N2O3/c1-14-6-8(11)9(13)12-7-10(15-2)4-3-5-10/h8H,3-7,11H2,1-2H3,(H,12,13). The number of nitrogens with two attached hydrogens (primary N) is 1. The first-order chi connectivity index (χ1) is 7.13. The summed E-state index contributed by atoms with van der Waals surface area (Å²) >= 11 is 0. The molecular weight excluding hydrogens is 196 g/mol. The van der Waals surface area contributed by atoms with Gasteiger partial charge in [-0.1, -0.05) is 0 Å². The molecule has 0 saturated heterocycles. The molecule has 0 aromatic heterocycles. The minimum atomic E-state index is -0.594. The summed E-state index contributed by atoms with van der Waals surface area (Å²) in [6.07, 6.45) is 3.17. The molecule has 1 saturated carbocycles. The van der Waals surface area contributed by atoms with Gasteiger partial charge in [-0.25, -0.2) is 0 Å². The second kappa shape index (κ2) is 5.44. The lowest BCUT2D eigenvalue weighted by atomic mass is 9.80. The van der Waals surface area contributed by atoms with Crippen molar-refractivity contribution in [2.75, 3.05) is 27.4 Å². The van der Waals surface area contributed by atoms with Crippen LogP contribution in [0.25, 0.3) is 0 Å². The van der Waals surface area contributed by atoms with Crippen LogP contribution in [0.4, 0.5) is 0 Å². The fourth-order valence-electron chi connectivity index (χ4n) is 1.66. The predicted octanol–water partition coefficient (Wildman–Crippen LogP) is -0.355. The van der Waals surface area contributed by atoms with E-state index in [2.05, 4.69) is 5.32 Å². The predicted molar refractivity (Wildman–Crippen MR) is 56.5 cm³/mol. The van der Waals surface area contributed by atoms with Gasteiger partial charge in [0.25, 0.3) is 0 Å². The number of amides is 1. The highest BCUT2D eigenvalue weighted by Gasteiger charge is 2.37. The number of rotatable bonds is 6. The summed E-state index contributed by atoms with van der Waals surface area (Å²) in [7, 11) is 3.20. The Hall–Kier alpha value is -0.650. The van der Waals surface area contributed by atoms with Crippen LogP contribution in [0.1, 0.15) is 19.3 Å². The number of carbonyl (C=O) groups excluding carboxylic acids is 1. The van der Waals surface area contributed by atoms with Crippen molar-refractivity contribution in [2.24, 2.45) is 5.73 Å². The van der Waals surface area contributed by atoms with Gasteiger partial charge in [-0.3, -0.25) is 4.79 Å². The molecule has 0 aromatic carbocycles. The fraction of sp³-hybridized carbons (Fsp3) is 0.900. The van der Waals surface area contributed by atoms with Crippen molar-refractivity contribution in [3.63, 3.8) is 0 Å². The highest BCUT2D eigenvalue weighted by molar-refractivity contribution is 5.81. The molecule has 1 fully saturated rings. The molecule has 1 unspecified atom stereocenters. The monoisotopic (exact) mass is 216 g/mol. The van der Waals surface area contributed by atoms with E-state index in [1.54, 1.807) is 7.11 Å². The van der Waals surface area contributed by atoms with Crippen LogP contribution in [0.15, 0.2) is 0 Å². The van der Waals surface area contributed by atoms with Gasteiger partial charge in [0, 0.05) is 20.8 Å². The Morgan fingerprint density at radius 1 is 1.53 bits per heavy atom. The van der Waals surface area contributed by atoms with Gasteiger partial charge in [-0.15, -0.1) is 0 Å². The maximum Gasteiger partial charge on any atom is 0.239 e. The SMILES string of the molecule is COCC(N)C(=O)NCC1(OC)CCC1. The zero-order chi connectivity index (χ0) is 11.3. The summed E-state index contributed by atoms with van der Waals surface area (Å²) < 4.78 is 10.2. The minimum absolute atomic E-state index is 0.150. The van der Waals surface area contributed by atoms with Gasteiger partial charge < -0.3 is 20.5 Å². The van der Waals surface area contributed by atoms with E-state index in [1.807, 2.05) is 0 Å². The third-order valence-corrected chi connectivity index (χ3v) is 2.97. The van der Waals surface area contributed by atoms with Crippen LogP contribution in [0.5, 0.6) is 0 Å². The van der Waals surface area contributed by atoms with E-state index < -0.39 is 6.04 Å². The second-order valence-electron chi connectivity index (χ2n) is 4.02. The van der Waals surface area contributed by atoms with E-state index in [-0.39, 0.29) is 18.1 Å². The van der Waals surface area contributed by atoms with E-state index >= 15 is 0 Å². The van der Waals surface area contributed by atoms with Gasteiger partial charge in [0.1, 0.15) is 6.04 Å². The summed E-state index contributed by atoms with van der Waals surface area (Å²) in [5.41, 5.74) is 5.43.